The number of esters is 1. The van der Waals surface area contributed by atoms with Crippen molar-refractivity contribution in [2.24, 2.45) is 0 Å². The quantitative estimate of drug-likeness (QED) is 0.482. The predicted molar refractivity (Wildman–Crippen MR) is 46.6 cm³/mol. The summed E-state index contributed by atoms with van der Waals surface area (Å²) in [5.74, 6) is -0.457. The molecule has 0 amide bonds. The Morgan fingerprint density at radius 2 is 1.92 bits per heavy atom. The lowest BCUT2D eigenvalue weighted by molar-refractivity contribution is -0.165. The molecule has 0 heterocycles. The minimum atomic E-state index is -1.08. The van der Waals surface area contributed by atoms with Crippen molar-refractivity contribution in [2.75, 3.05) is 6.61 Å². The second-order valence-corrected chi connectivity index (χ2v) is 2.62. The molecule has 0 aliphatic carbocycles. The van der Waals surface area contributed by atoms with E-state index in [1.807, 2.05) is 0 Å². The van der Waals surface area contributed by atoms with Crippen LogP contribution in [0.3, 0.4) is 0 Å². The molecule has 0 saturated carbocycles. The van der Waals surface area contributed by atoms with E-state index in [4.69, 9.17) is 14.7 Å². The van der Waals surface area contributed by atoms with E-state index in [1.165, 1.54) is 0 Å². The SMILES string of the molecule is CCOC(=O)C(CC)(CC)OC#N. The second-order valence-electron chi connectivity index (χ2n) is 2.62. The lowest BCUT2D eigenvalue weighted by atomic mass is 9.97. The normalized spacial score (nSPS) is 10.3. The van der Waals surface area contributed by atoms with Gasteiger partial charge in [-0.2, -0.15) is 5.26 Å². The van der Waals surface area contributed by atoms with E-state index < -0.39 is 11.6 Å². The van der Waals surface area contributed by atoms with Crippen LogP contribution in [-0.2, 0) is 14.3 Å². The van der Waals surface area contributed by atoms with E-state index >= 15 is 0 Å². The van der Waals surface area contributed by atoms with Gasteiger partial charge in [0.15, 0.2) is 0 Å². The summed E-state index contributed by atoms with van der Waals surface area (Å²) in [4.78, 5) is 11.4. The van der Waals surface area contributed by atoms with Gasteiger partial charge in [0.2, 0.25) is 5.60 Å². The molecule has 0 bridgehead atoms. The summed E-state index contributed by atoms with van der Waals surface area (Å²) in [6.45, 7) is 5.60. The van der Waals surface area contributed by atoms with Crippen molar-refractivity contribution in [2.45, 2.75) is 39.2 Å². The summed E-state index contributed by atoms with van der Waals surface area (Å²) < 4.78 is 9.60. The smallest absolute Gasteiger partial charge is 0.351 e. The van der Waals surface area contributed by atoms with Gasteiger partial charge in [0.05, 0.1) is 6.61 Å². The van der Waals surface area contributed by atoms with Gasteiger partial charge in [-0.25, -0.2) is 4.79 Å². The molecule has 0 fully saturated rings. The number of nitrogens with zero attached hydrogens (tertiary/aromatic N) is 1. The highest BCUT2D eigenvalue weighted by molar-refractivity contribution is 5.79. The molecule has 0 aromatic heterocycles. The zero-order valence-electron chi connectivity index (χ0n) is 8.29. The fourth-order valence-corrected chi connectivity index (χ4v) is 1.07. The van der Waals surface area contributed by atoms with Crippen LogP contribution in [0, 0.1) is 11.5 Å². The van der Waals surface area contributed by atoms with Crippen LogP contribution in [0.1, 0.15) is 33.6 Å². The number of hydrogen-bond donors (Lipinski definition) is 0. The Labute approximate surface area is 78.4 Å². The summed E-state index contributed by atoms with van der Waals surface area (Å²) in [5.41, 5.74) is -1.08. The molecule has 74 valence electrons. The van der Waals surface area contributed by atoms with Crippen molar-refractivity contribution in [1.29, 1.82) is 5.26 Å². The van der Waals surface area contributed by atoms with Crippen LogP contribution >= 0.6 is 0 Å². The van der Waals surface area contributed by atoms with Crippen LogP contribution in [0.2, 0.25) is 0 Å². The minimum Gasteiger partial charge on any atom is -0.463 e. The van der Waals surface area contributed by atoms with Crippen molar-refractivity contribution in [1.82, 2.24) is 0 Å². The molecular formula is C9H15NO3. The first-order chi connectivity index (χ1) is 6.16. The molecule has 0 atom stereocenters. The molecule has 0 aromatic carbocycles. The maximum atomic E-state index is 11.4. The highest BCUT2D eigenvalue weighted by atomic mass is 16.6. The summed E-state index contributed by atoms with van der Waals surface area (Å²) >= 11 is 0. The van der Waals surface area contributed by atoms with Crippen LogP contribution in [0.4, 0.5) is 0 Å². The van der Waals surface area contributed by atoms with Crippen LogP contribution in [0.5, 0.6) is 0 Å². The van der Waals surface area contributed by atoms with E-state index in [2.05, 4.69) is 0 Å². The van der Waals surface area contributed by atoms with E-state index in [1.54, 1.807) is 27.0 Å². The van der Waals surface area contributed by atoms with Crippen LogP contribution in [-0.4, -0.2) is 18.2 Å². The molecule has 0 spiro atoms. The average molecular weight is 185 g/mol. The largest absolute Gasteiger partial charge is 0.463 e. The maximum absolute atomic E-state index is 11.4. The van der Waals surface area contributed by atoms with Crippen molar-refractivity contribution >= 4 is 5.97 Å². The van der Waals surface area contributed by atoms with E-state index in [0.717, 1.165) is 0 Å². The average Bonchev–Trinajstić information content (AvgIpc) is 2.14. The summed E-state index contributed by atoms with van der Waals surface area (Å²) in [5, 5.41) is 8.40. The molecule has 13 heavy (non-hydrogen) atoms. The minimum absolute atomic E-state index is 0.301. The van der Waals surface area contributed by atoms with Gasteiger partial charge in [-0.3, -0.25) is 0 Å². The second kappa shape index (κ2) is 5.41. The van der Waals surface area contributed by atoms with E-state index in [9.17, 15) is 4.79 Å². The molecule has 0 aromatic rings. The number of ether oxygens (including phenoxy) is 2. The molecule has 4 nitrogen and oxygen atoms in total. The zero-order valence-corrected chi connectivity index (χ0v) is 8.29. The van der Waals surface area contributed by atoms with Gasteiger partial charge in [0.1, 0.15) is 0 Å². The van der Waals surface area contributed by atoms with Crippen LogP contribution in [0.25, 0.3) is 0 Å². The van der Waals surface area contributed by atoms with Crippen molar-refractivity contribution in [3.8, 4) is 6.26 Å². The monoisotopic (exact) mass is 185 g/mol. The first kappa shape index (κ1) is 11.8. The number of carbonyl (C=O) groups is 1. The highest BCUT2D eigenvalue weighted by Crippen LogP contribution is 2.21. The Morgan fingerprint density at radius 3 is 2.23 bits per heavy atom. The topological polar surface area (TPSA) is 59.3 Å². The molecule has 0 aliphatic heterocycles. The molecule has 0 aliphatic rings. The molecule has 0 radical (unpaired) electrons. The summed E-state index contributed by atoms with van der Waals surface area (Å²) in [6, 6.07) is 0. The number of hydrogen-bond acceptors (Lipinski definition) is 4. The van der Waals surface area contributed by atoms with Gasteiger partial charge in [-0.15, -0.1) is 0 Å². The van der Waals surface area contributed by atoms with Gasteiger partial charge >= 0.3 is 5.97 Å². The van der Waals surface area contributed by atoms with Gasteiger partial charge in [-0.1, -0.05) is 13.8 Å². The maximum Gasteiger partial charge on any atom is 0.351 e. The standard InChI is InChI=1S/C9H15NO3/c1-4-9(5-2,13-7-10)8(11)12-6-3/h4-6H2,1-3H3. The number of carbonyl (C=O) groups excluding carboxylic acids is 1. The van der Waals surface area contributed by atoms with Gasteiger partial charge in [0.25, 0.3) is 6.26 Å². The molecule has 0 N–H and O–H groups in total. The molecule has 0 rings (SSSR count). The van der Waals surface area contributed by atoms with Crippen LogP contribution < -0.4 is 0 Å². The van der Waals surface area contributed by atoms with E-state index in [-0.39, 0.29) is 0 Å². The third-order valence-electron chi connectivity index (χ3n) is 2.03. The van der Waals surface area contributed by atoms with Gasteiger partial charge < -0.3 is 9.47 Å². The highest BCUT2D eigenvalue weighted by Gasteiger charge is 2.39. The Balaban J connectivity index is 4.55. The van der Waals surface area contributed by atoms with Crippen molar-refractivity contribution < 1.29 is 14.3 Å². The van der Waals surface area contributed by atoms with Gasteiger partial charge in [0, 0.05) is 0 Å². The summed E-state index contributed by atoms with van der Waals surface area (Å²) in [6.07, 6.45) is 2.43. The number of rotatable bonds is 5. The molecule has 0 unspecified atom stereocenters. The molecule has 4 heteroatoms. The Hall–Kier alpha value is -1.24. The first-order valence-corrected chi connectivity index (χ1v) is 4.41. The van der Waals surface area contributed by atoms with Gasteiger partial charge in [-0.05, 0) is 19.8 Å². The number of nitriles is 1. The lowest BCUT2D eigenvalue weighted by Gasteiger charge is -2.25. The van der Waals surface area contributed by atoms with Crippen LogP contribution in [0.15, 0.2) is 0 Å². The molecule has 0 saturated heterocycles. The first-order valence-electron chi connectivity index (χ1n) is 4.41. The third-order valence-corrected chi connectivity index (χ3v) is 2.03. The Kier molecular flexibility index (Phi) is 4.90. The Bertz CT molecular complexity index is 203. The van der Waals surface area contributed by atoms with Crippen molar-refractivity contribution in [3.05, 3.63) is 0 Å². The fraction of sp³-hybridized carbons (Fsp3) is 0.778. The lowest BCUT2D eigenvalue weighted by Crippen LogP contribution is -2.40. The zero-order chi connectivity index (χ0) is 10.3. The Morgan fingerprint density at radius 1 is 1.38 bits per heavy atom. The molecular weight excluding hydrogens is 170 g/mol. The summed E-state index contributed by atoms with van der Waals surface area (Å²) in [7, 11) is 0. The third kappa shape index (κ3) is 2.62. The predicted octanol–water partition coefficient (Wildman–Crippen LogP) is 1.61. The van der Waals surface area contributed by atoms with E-state index in [0.29, 0.717) is 19.4 Å². The van der Waals surface area contributed by atoms with Crippen molar-refractivity contribution in [3.63, 3.8) is 0 Å². The fourth-order valence-electron chi connectivity index (χ4n) is 1.07.